The van der Waals surface area contributed by atoms with Crippen molar-refractivity contribution in [2.75, 3.05) is 18.0 Å². The Bertz CT molecular complexity index is 425. The molecule has 1 heterocycles. The predicted molar refractivity (Wildman–Crippen MR) is 81.8 cm³/mol. The Morgan fingerprint density at radius 1 is 1.26 bits per heavy atom. The number of para-hydroxylation sites is 1. The fraction of sp³-hybridized carbons (Fsp3) is 0.647. The summed E-state index contributed by atoms with van der Waals surface area (Å²) in [5.74, 6) is 0.717. The molecule has 1 aliphatic carbocycles. The van der Waals surface area contributed by atoms with Gasteiger partial charge in [0.05, 0.1) is 0 Å². The Hall–Kier alpha value is -1.02. The molecule has 0 spiro atoms. The van der Waals surface area contributed by atoms with E-state index in [1.807, 2.05) is 0 Å². The maximum atomic E-state index is 3.66. The average Bonchev–Trinajstić information content (AvgIpc) is 3.24. The van der Waals surface area contributed by atoms with E-state index in [1.165, 1.54) is 43.5 Å². The summed E-state index contributed by atoms with van der Waals surface area (Å²) < 4.78 is 0. The van der Waals surface area contributed by atoms with E-state index in [9.17, 15) is 0 Å². The molecular formula is C17H26N2. The number of hydrogen-bond donors (Lipinski definition) is 1. The Morgan fingerprint density at radius 2 is 2.05 bits per heavy atom. The molecule has 2 nitrogen and oxygen atoms in total. The van der Waals surface area contributed by atoms with E-state index in [0.717, 1.165) is 12.6 Å². The first kappa shape index (κ1) is 13.0. The van der Waals surface area contributed by atoms with Crippen LogP contribution < -0.4 is 10.2 Å². The molecule has 1 aromatic carbocycles. The van der Waals surface area contributed by atoms with Gasteiger partial charge in [-0.05, 0) is 56.7 Å². The van der Waals surface area contributed by atoms with Crippen molar-refractivity contribution >= 4 is 5.69 Å². The summed E-state index contributed by atoms with van der Waals surface area (Å²) in [4.78, 5) is 2.62. The lowest BCUT2D eigenvalue weighted by molar-refractivity contribution is 0.462. The molecule has 0 radical (unpaired) electrons. The van der Waals surface area contributed by atoms with Gasteiger partial charge in [0.15, 0.2) is 0 Å². The van der Waals surface area contributed by atoms with Gasteiger partial charge in [0, 0.05) is 24.3 Å². The fourth-order valence-corrected chi connectivity index (χ4v) is 3.09. The molecule has 2 heteroatoms. The lowest BCUT2D eigenvalue weighted by Crippen LogP contribution is -2.42. The van der Waals surface area contributed by atoms with Crippen LogP contribution in [0.15, 0.2) is 24.3 Å². The van der Waals surface area contributed by atoms with Crippen LogP contribution in [0.3, 0.4) is 0 Å². The summed E-state index contributed by atoms with van der Waals surface area (Å²) in [6.07, 6.45) is 5.30. The van der Waals surface area contributed by atoms with Gasteiger partial charge in [-0.1, -0.05) is 25.1 Å². The zero-order chi connectivity index (χ0) is 13.2. The minimum absolute atomic E-state index is 0.679. The first-order valence-corrected chi connectivity index (χ1v) is 7.82. The molecule has 1 N–H and O–H groups in total. The van der Waals surface area contributed by atoms with Crippen molar-refractivity contribution in [3.63, 3.8) is 0 Å². The molecule has 2 atom stereocenters. The second-order valence-corrected chi connectivity index (χ2v) is 6.46. The molecule has 1 saturated carbocycles. The standard InChI is InChI=1S/C17H26N2/c1-13(11-18-16-9-10-16)12-19-14(2)7-8-15-5-3-4-6-17(15)19/h3-6,13-14,16,18H,7-12H2,1-2H3. The second kappa shape index (κ2) is 5.54. The van der Waals surface area contributed by atoms with E-state index in [4.69, 9.17) is 0 Å². The van der Waals surface area contributed by atoms with Crippen molar-refractivity contribution in [1.82, 2.24) is 5.32 Å². The van der Waals surface area contributed by atoms with Crippen molar-refractivity contribution in [3.8, 4) is 0 Å². The Morgan fingerprint density at radius 3 is 2.84 bits per heavy atom. The number of aryl methyl sites for hydroxylation is 1. The number of anilines is 1. The molecule has 2 unspecified atom stereocenters. The topological polar surface area (TPSA) is 15.3 Å². The summed E-state index contributed by atoms with van der Waals surface area (Å²) in [5, 5.41) is 3.66. The summed E-state index contributed by atoms with van der Waals surface area (Å²) in [6, 6.07) is 10.4. The Labute approximate surface area is 117 Å². The lowest BCUT2D eigenvalue weighted by Gasteiger charge is -2.38. The molecular weight excluding hydrogens is 232 g/mol. The maximum Gasteiger partial charge on any atom is 0.0401 e. The van der Waals surface area contributed by atoms with E-state index in [2.05, 4.69) is 48.3 Å². The van der Waals surface area contributed by atoms with Crippen LogP contribution in [-0.4, -0.2) is 25.2 Å². The molecule has 1 fully saturated rings. The monoisotopic (exact) mass is 258 g/mol. The van der Waals surface area contributed by atoms with Crippen molar-refractivity contribution < 1.29 is 0 Å². The van der Waals surface area contributed by atoms with E-state index >= 15 is 0 Å². The van der Waals surface area contributed by atoms with Gasteiger partial charge < -0.3 is 10.2 Å². The first-order valence-electron chi connectivity index (χ1n) is 7.82. The molecule has 2 aliphatic rings. The van der Waals surface area contributed by atoms with E-state index < -0.39 is 0 Å². The minimum atomic E-state index is 0.679. The number of fused-ring (bicyclic) bond motifs is 1. The highest BCUT2D eigenvalue weighted by molar-refractivity contribution is 5.56. The van der Waals surface area contributed by atoms with Crippen LogP contribution in [0.2, 0.25) is 0 Å². The highest BCUT2D eigenvalue weighted by Crippen LogP contribution is 2.31. The highest BCUT2D eigenvalue weighted by Gasteiger charge is 2.25. The quantitative estimate of drug-likeness (QED) is 0.872. The van der Waals surface area contributed by atoms with Crippen LogP contribution in [0.4, 0.5) is 5.69 Å². The van der Waals surface area contributed by atoms with Gasteiger partial charge in [0.2, 0.25) is 0 Å². The normalized spacial score (nSPS) is 24.1. The largest absolute Gasteiger partial charge is 0.368 e. The molecule has 19 heavy (non-hydrogen) atoms. The number of rotatable bonds is 5. The third kappa shape index (κ3) is 3.11. The zero-order valence-electron chi connectivity index (χ0n) is 12.2. The zero-order valence-corrected chi connectivity index (χ0v) is 12.2. The molecule has 1 aromatic rings. The van der Waals surface area contributed by atoms with E-state index in [1.54, 1.807) is 0 Å². The second-order valence-electron chi connectivity index (χ2n) is 6.46. The molecule has 0 aromatic heterocycles. The van der Waals surface area contributed by atoms with Crippen LogP contribution in [0, 0.1) is 5.92 Å². The molecule has 0 amide bonds. The molecule has 0 bridgehead atoms. The van der Waals surface area contributed by atoms with Crippen LogP contribution in [0.5, 0.6) is 0 Å². The van der Waals surface area contributed by atoms with Crippen LogP contribution in [-0.2, 0) is 6.42 Å². The van der Waals surface area contributed by atoms with Crippen LogP contribution >= 0.6 is 0 Å². The number of nitrogens with one attached hydrogen (secondary N) is 1. The van der Waals surface area contributed by atoms with Crippen molar-refractivity contribution in [3.05, 3.63) is 29.8 Å². The van der Waals surface area contributed by atoms with Crippen molar-refractivity contribution in [2.24, 2.45) is 5.92 Å². The molecule has 0 saturated heterocycles. The van der Waals surface area contributed by atoms with Gasteiger partial charge in [-0.3, -0.25) is 0 Å². The molecule has 1 aliphatic heterocycles. The van der Waals surface area contributed by atoms with E-state index in [0.29, 0.717) is 12.0 Å². The average molecular weight is 258 g/mol. The lowest BCUT2D eigenvalue weighted by atomic mass is 9.95. The Balaban J connectivity index is 1.64. The van der Waals surface area contributed by atoms with Gasteiger partial charge in [0.1, 0.15) is 0 Å². The highest BCUT2D eigenvalue weighted by atomic mass is 15.2. The van der Waals surface area contributed by atoms with Gasteiger partial charge in [-0.2, -0.15) is 0 Å². The van der Waals surface area contributed by atoms with Crippen molar-refractivity contribution in [2.45, 2.75) is 51.6 Å². The molecule has 104 valence electrons. The Kier molecular flexibility index (Phi) is 3.79. The van der Waals surface area contributed by atoms with Gasteiger partial charge in [-0.25, -0.2) is 0 Å². The maximum absolute atomic E-state index is 3.66. The summed E-state index contributed by atoms with van der Waals surface area (Å²) in [6.45, 7) is 7.09. The number of nitrogens with zero attached hydrogens (tertiary/aromatic N) is 1. The summed E-state index contributed by atoms with van der Waals surface area (Å²) >= 11 is 0. The predicted octanol–water partition coefficient (Wildman–Crippen LogP) is 3.22. The van der Waals surface area contributed by atoms with Crippen LogP contribution in [0.25, 0.3) is 0 Å². The summed E-state index contributed by atoms with van der Waals surface area (Å²) in [7, 11) is 0. The van der Waals surface area contributed by atoms with Crippen LogP contribution in [0.1, 0.15) is 38.7 Å². The third-order valence-electron chi connectivity index (χ3n) is 4.51. The summed E-state index contributed by atoms with van der Waals surface area (Å²) in [5.41, 5.74) is 3.00. The van der Waals surface area contributed by atoms with E-state index in [-0.39, 0.29) is 0 Å². The number of hydrogen-bond acceptors (Lipinski definition) is 2. The first-order chi connectivity index (χ1) is 9.24. The van der Waals surface area contributed by atoms with Gasteiger partial charge in [-0.15, -0.1) is 0 Å². The van der Waals surface area contributed by atoms with Gasteiger partial charge >= 0.3 is 0 Å². The minimum Gasteiger partial charge on any atom is -0.368 e. The SMILES string of the molecule is CC(CNC1CC1)CN1c2ccccc2CCC1C. The fourth-order valence-electron chi connectivity index (χ4n) is 3.09. The van der Waals surface area contributed by atoms with Crippen molar-refractivity contribution in [1.29, 1.82) is 0 Å². The number of benzene rings is 1. The molecule has 3 rings (SSSR count). The smallest absolute Gasteiger partial charge is 0.0401 e. The third-order valence-corrected chi connectivity index (χ3v) is 4.51. The van der Waals surface area contributed by atoms with Gasteiger partial charge in [0.25, 0.3) is 0 Å².